The lowest BCUT2D eigenvalue weighted by Crippen LogP contribution is -1.79. The highest BCUT2D eigenvalue weighted by atomic mass is 79.9. The van der Waals surface area contributed by atoms with Crippen molar-refractivity contribution in [3.05, 3.63) is 40.9 Å². The first-order valence-corrected chi connectivity index (χ1v) is 8.34. The summed E-state index contributed by atoms with van der Waals surface area (Å²) in [5.41, 5.74) is 8.83. The Morgan fingerprint density at radius 1 is 0.900 bits per heavy atom. The molecule has 98 valence electrons. The van der Waals surface area contributed by atoms with Gasteiger partial charge in [0.1, 0.15) is 5.01 Å². The van der Waals surface area contributed by atoms with Gasteiger partial charge in [0, 0.05) is 10.0 Å². The lowest BCUT2D eigenvalue weighted by Gasteiger charge is -1.94. The first-order valence-electron chi connectivity index (χ1n) is 5.91. The summed E-state index contributed by atoms with van der Waals surface area (Å²) >= 11 is 6.69. The summed E-state index contributed by atoms with van der Waals surface area (Å²) in [4.78, 5) is 8.96. The van der Waals surface area contributed by atoms with E-state index in [1.165, 1.54) is 16.0 Å². The summed E-state index contributed by atoms with van der Waals surface area (Å²) in [6.45, 7) is 0. The molecule has 2 N–H and O–H groups in total. The van der Waals surface area contributed by atoms with Gasteiger partial charge in [-0.25, -0.2) is 9.97 Å². The maximum absolute atomic E-state index is 5.75. The van der Waals surface area contributed by atoms with E-state index in [4.69, 9.17) is 5.73 Å². The maximum Gasteiger partial charge on any atom is 0.181 e. The van der Waals surface area contributed by atoms with Crippen LogP contribution in [0, 0.1) is 0 Å². The Kier molecular flexibility index (Phi) is 2.76. The first kappa shape index (κ1) is 12.3. The standard InChI is InChI=1S/C14H8BrN3S2/c15-8-2-4-9-12(6-8)19-13(17-9)7-1-3-10-11(5-7)20-14(16)18-10/h1-6H,(H2,16,18). The van der Waals surface area contributed by atoms with Crippen LogP contribution in [0.5, 0.6) is 0 Å². The average molecular weight is 362 g/mol. The average Bonchev–Trinajstić information content (AvgIpc) is 2.99. The molecule has 6 heteroatoms. The predicted molar refractivity (Wildman–Crippen MR) is 90.3 cm³/mol. The Morgan fingerprint density at radius 2 is 1.65 bits per heavy atom. The fourth-order valence-electron chi connectivity index (χ4n) is 2.10. The molecule has 0 aliphatic carbocycles. The molecule has 2 aromatic heterocycles. The van der Waals surface area contributed by atoms with Crippen molar-refractivity contribution in [2.24, 2.45) is 0 Å². The van der Waals surface area contributed by atoms with E-state index in [0.29, 0.717) is 5.13 Å². The number of thiazole rings is 2. The predicted octanol–water partition coefficient (Wildman–Crippen LogP) is 4.92. The van der Waals surface area contributed by atoms with Gasteiger partial charge >= 0.3 is 0 Å². The van der Waals surface area contributed by atoms with E-state index >= 15 is 0 Å². The second kappa shape index (κ2) is 4.51. The topological polar surface area (TPSA) is 51.8 Å². The van der Waals surface area contributed by atoms with Crippen molar-refractivity contribution in [1.82, 2.24) is 9.97 Å². The molecule has 0 unspecified atom stereocenters. The Balaban J connectivity index is 1.90. The summed E-state index contributed by atoms with van der Waals surface area (Å²) in [6.07, 6.45) is 0. The summed E-state index contributed by atoms with van der Waals surface area (Å²) in [5, 5.41) is 1.62. The molecule has 0 aliphatic heterocycles. The van der Waals surface area contributed by atoms with Crippen molar-refractivity contribution >= 4 is 64.2 Å². The molecule has 0 radical (unpaired) electrons. The van der Waals surface area contributed by atoms with E-state index in [1.54, 1.807) is 11.3 Å². The molecule has 4 rings (SSSR count). The van der Waals surface area contributed by atoms with Gasteiger partial charge in [-0.2, -0.15) is 0 Å². The van der Waals surface area contributed by atoms with Crippen molar-refractivity contribution in [3.63, 3.8) is 0 Å². The lowest BCUT2D eigenvalue weighted by molar-refractivity contribution is 1.47. The van der Waals surface area contributed by atoms with Crippen LogP contribution in [0.15, 0.2) is 40.9 Å². The van der Waals surface area contributed by atoms with Crippen LogP contribution >= 0.6 is 38.6 Å². The molecule has 0 amide bonds. The highest BCUT2D eigenvalue weighted by molar-refractivity contribution is 9.10. The van der Waals surface area contributed by atoms with Crippen molar-refractivity contribution in [1.29, 1.82) is 0 Å². The molecular formula is C14H8BrN3S2. The van der Waals surface area contributed by atoms with Gasteiger partial charge in [0.2, 0.25) is 0 Å². The van der Waals surface area contributed by atoms with Gasteiger partial charge in [-0.05, 0) is 36.4 Å². The Bertz CT molecular complexity index is 942. The molecule has 2 aromatic carbocycles. The molecule has 0 fully saturated rings. The number of rotatable bonds is 1. The third kappa shape index (κ3) is 2.00. The molecule has 0 saturated carbocycles. The second-order valence-electron chi connectivity index (χ2n) is 4.37. The summed E-state index contributed by atoms with van der Waals surface area (Å²) in [7, 11) is 0. The molecule has 3 nitrogen and oxygen atoms in total. The highest BCUT2D eigenvalue weighted by Crippen LogP contribution is 2.34. The van der Waals surface area contributed by atoms with Crippen LogP contribution in [-0.4, -0.2) is 9.97 Å². The smallest absolute Gasteiger partial charge is 0.181 e. The minimum absolute atomic E-state index is 0.602. The fraction of sp³-hybridized carbons (Fsp3) is 0. The Labute approximate surface area is 131 Å². The molecule has 2 heterocycles. The Morgan fingerprint density at radius 3 is 2.55 bits per heavy atom. The number of nitrogen functional groups attached to an aromatic ring is 1. The van der Waals surface area contributed by atoms with Gasteiger partial charge in [-0.3, -0.25) is 0 Å². The SMILES string of the molecule is Nc1nc2ccc(-c3nc4ccc(Br)cc4s3)cc2s1. The van der Waals surface area contributed by atoms with Gasteiger partial charge in [0.25, 0.3) is 0 Å². The molecule has 0 spiro atoms. The minimum atomic E-state index is 0.602. The Hall–Kier alpha value is -1.50. The quantitative estimate of drug-likeness (QED) is 0.523. The van der Waals surface area contributed by atoms with Crippen LogP contribution in [0.25, 0.3) is 31.0 Å². The zero-order valence-corrected chi connectivity index (χ0v) is 13.3. The zero-order chi connectivity index (χ0) is 13.7. The van der Waals surface area contributed by atoms with E-state index in [9.17, 15) is 0 Å². The summed E-state index contributed by atoms with van der Waals surface area (Å²) in [6, 6.07) is 12.3. The molecule has 0 aliphatic rings. The van der Waals surface area contributed by atoms with E-state index in [0.717, 1.165) is 30.8 Å². The van der Waals surface area contributed by atoms with Gasteiger partial charge in [0.05, 0.1) is 20.4 Å². The third-order valence-electron chi connectivity index (χ3n) is 3.00. The molecule has 0 bridgehead atoms. The number of hydrogen-bond donors (Lipinski definition) is 1. The number of anilines is 1. The van der Waals surface area contributed by atoms with Crippen molar-refractivity contribution in [2.45, 2.75) is 0 Å². The second-order valence-corrected chi connectivity index (χ2v) is 7.37. The number of benzene rings is 2. The number of nitrogens with two attached hydrogens (primary N) is 1. The van der Waals surface area contributed by atoms with Crippen molar-refractivity contribution < 1.29 is 0 Å². The number of halogens is 1. The van der Waals surface area contributed by atoms with E-state index in [1.807, 2.05) is 24.3 Å². The maximum atomic E-state index is 5.75. The first-order chi connectivity index (χ1) is 9.69. The van der Waals surface area contributed by atoms with Crippen LogP contribution in [0.1, 0.15) is 0 Å². The molecule has 0 saturated heterocycles. The van der Waals surface area contributed by atoms with E-state index in [-0.39, 0.29) is 0 Å². The largest absolute Gasteiger partial charge is 0.375 e. The molecule has 0 atom stereocenters. The van der Waals surface area contributed by atoms with E-state index < -0.39 is 0 Å². The number of fused-ring (bicyclic) bond motifs is 2. The van der Waals surface area contributed by atoms with Crippen molar-refractivity contribution in [2.75, 3.05) is 5.73 Å². The van der Waals surface area contributed by atoms with Crippen LogP contribution in [0.3, 0.4) is 0 Å². The van der Waals surface area contributed by atoms with Gasteiger partial charge in [-0.15, -0.1) is 11.3 Å². The minimum Gasteiger partial charge on any atom is -0.375 e. The number of hydrogen-bond acceptors (Lipinski definition) is 5. The zero-order valence-electron chi connectivity index (χ0n) is 10.1. The number of aromatic nitrogens is 2. The van der Waals surface area contributed by atoms with Gasteiger partial charge in [-0.1, -0.05) is 27.3 Å². The van der Waals surface area contributed by atoms with Crippen molar-refractivity contribution in [3.8, 4) is 10.6 Å². The van der Waals surface area contributed by atoms with Gasteiger partial charge < -0.3 is 5.73 Å². The highest BCUT2D eigenvalue weighted by Gasteiger charge is 2.09. The molecular weight excluding hydrogens is 354 g/mol. The fourth-order valence-corrected chi connectivity index (χ4v) is 4.38. The third-order valence-corrected chi connectivity index (χ3v) is 5.41. The molecule has 20 heavy (non-hydrogen) atoms. The van der Waals surface area contributed by atoms with Crippen LogP contribution in [0.4, 0.5) is 5.13 Å². The lowest BCUT2D eigenvalue weighted by atomic mass is 10.2. The van der Waals surface area contributed by atoms with Gasteiger partial charge in [0.15, 0.2) is 5.13 Å². The molecule has 4 aromatic rings. The monoisotopic (exact) mass is 361 g/mol. The number of nitrogens with zero attached hydrogens (tertiary/aromatic N) is 2. The summed E-state index contributed by atoms with van der Waals surface area (Å²) < 4.78 is 3.35. The normalized spacial score (nSPS) is 11.4. The summed E-state index contributed by atoms with van der Waals surface area (Å²) in [5.74, 6) is 0. The van der Waals surface area contributed by atoms with Crippen LogP contribution < -0.4 is 5.73 Å². The van der Waals surface area contributed by atoms with E-state index in [2.05, 4.69) is 38.0 Å². The van der Waals surface area contributed by atoms with Crippen LogP contribution in [-0.2, 0) is 0 Å². The van der Waals surface area contributed by atoms with Crippen LogP contribution in [0.2, 0.25) is 0 Å².